The zero-order chi connectivity index (χ0) is 25.3. The maximum Gasteiger partial charge on any atom is 0.332 e. The number of carboxylic acids is 1. The van der Waals surface area contributed by atoms with E-state index in [-0.39, 0.29) is 29.7 Å². The van der Waals surface area contributed by atoms with Gasteiger partial charge in [0.05, 0.1) is 16.6 Å². The molecule has 1 amide bonds. The summed E-state index contributed by atoms with van der Waals surface area (Å²) < 4.78 is 17.3. The molecule has 4 rings (SSSR count). The fourth-order valence-corrected chi connectivity index (χ4v) is 5.33. The normalized spacial score (nSPS) is 19.3. The van der Waals surface area contributed by atoms with Crippen molar-refractivity contribution in [1.82, 2.24) is 14.0 Å². The molecular weight excluding hydrogens is 455 g/mol. The van der Waals surface area contributed by atoms with E-state index in [9.17, 15) is 24.3 Å². The summed E-state index contributed by atoms with van der Waals surface area (Å²) >= 11 is 0. The Morgan fingerprint density at radius 3 is 2.43 bits per heavy atom. The average molecular weight is 489 g/mol. The number of aliphatic carboxylic acids is 1. The predicted octanol–water partition coefficient (Wildman–Crippen LogP) is 3.09. The summed E-state index contributed by atoms with van der Waals surface area (Å²) in [7, 11) is 0. The Morgan fingerprint density at radius 1 is 1.09 bits per heavy atom. The van der Waals surface area contributed by atoms with Crippen molar-refractivity contribution in [2.24, 2.45) is 0 Å². The van der Waals surface area contributed by atoms with E-state index in [2.05, 4.69) is 5.32 Å². The molecule has 1 atom stereocenters. The molecule has 9 nitrogen and oxygen atoms in total. The first-order valence-corrected chi connectivity index (χ1v) is 12.5. The Labute approximate surface area is 202 Å². The van der Waals surface area contributed by atoms with Gasteiger partial charge < -0.3 is 15.3 Å². The number of likely N-dealkylation sites (tertiary alicyclic amines) is 1. The lowest BCUT2D eigenvalue weighted by Crippen LogP contribution is -2.51. The maximum atomic E-state index is 15.1. The topological polar surface area (TPSA) is 114 Å². The van der Waals surface area contributed by atoms with Crippen LogP contribution in [-0.4, -0.2) is 49.6 Å². The molecule has 190 valence electrons. The number of carbonyl (C=O) groups excluding carboxylic acids is 1. The van der Waals surface area contributed by atoms with Crippen molar-refractivity contribution < 1.29 is 19.1 Å². The number of nitrogens with one attached hydrogen (secondary N) is 1. The van der Waals surface area contributed by atoms with Gasteiger partial charge in [-0.05, 0) is 58.1 Å². The number of piperidine rings is 1. The smallest absolute Gasteiger partial charge is 0.332 e. The van der Waals surface area contributed by atoms with Crippen molar-refractivity contribution in [2.75, 3.05) is 11.9 Å². The van der Waals surface area contributed by atoms with Gasteiger partial charge in [-0.15, -0.1) is 0 Å². The lowest BCUT2D eigenvalue weighted by molar-refractivity contribution is -0.152. The van der Waals surface area contributed by atoms with Crippen molar-refractivity contribution in [3.05, 3.63) is 38.8 Å². The number of hydrogen-bond acceptors (Lipinski definition) is 5. The first kappa shape index (κ1) is 24.9. The Morgan fingerprint density at radius 2 is 1.77 bits per heavy atom. The van der Waals surface area contributed by atoms with Crippen LogP contribution in [0.3, 0.4) is 0 Å². The number of carbonyl (C=O) groups is 2. The van der Waals surface area contributed by atoms with E-state index in [1.807, 2.05) is 0 Å². The van der Waals surface area contributed by atoms with Gasteiger partial charge in [0.1, 0.15) is 18.4 Å². The maximum absolute atomic E-state index is 15.1. The van der Waals surface area contributed by atoms with E-state index in [4.69, 9.17) is 0 Å². The van der Waals surface area contributed by atoms with Crippen LogP contribution >= 0.6 is 0 Å². The van der Waals surface area contributed by atoms with Crippen LogP contribution in [0.1, 0.15) is 71.3 Å². The molecular formula is C25H33FN4O5. The Balaban J connectivity index is 1.75. The van der Waals surface area contributed by atoms with E-state index in [1.54, 1.807) is 13.8 Å². The molecule has 10 heteroatoms. The highest BCUT2D eigenvalue weighted by molar-refractivity contribution is 5.85. The number of nitrogens with zero attached hydrogens (tertiary/aromatic N) is 3. The third-order valence-electron chi connectivity index (χ3n) is 7.14. The fourth-order valence-electron chi connectivity index (χ4n) is 5.33. The molecule has 1 unspecified atom stereocenters. The highest BCUT2D eigenvalue weighted by atomic mass is 19.1. The molecule has 1 aromatic heterocycles. The average Bonchev–Trinajstić information content (AvgIpc) is 2.83. The molecule has 1 aliphatic carbocycles. The second kappa shape index (κ2) is 10.2. The van der Waals surface area contributed by atoms with Gasteiger partial charge in [0, 0.05) is 18.6 Å². The first-order chi connectivity index (χ1) is 16.7. The van der Waals surface area contributed by atoms with Gasteiger partial charge >= 0.3 is 11.7 Å². The second-order valence-electron chi connectivity index (χ2n) is 9.90. The van der Waals surface area contributed by atoms with Gasteiger partial charge in [0.25, 0.3) is 5.56 Å². The van der Waals surface area contributed by atoms with Crippen LogP contribution in [0.25, 0.3) is 10.9 Å². The van der Waals surface area contributed by atoms with Gasteiger partial charge in [-0.25, -0.2) is 14.0 Å². The van der Waals surface area contributed by atoms with Crippen molar-refractivity contribution in [1.29, 1.82) is 0 Å². The molecule has 1 saturated carbocycles. The largest absolute Gasteiger partial charge is 0.480 e. The van der Waals surface area contributed by atoms with E-state index in [1.165, 1.54) is 15.5 Å². The highest BCUT2D eigenvalue weighted by Gasteiger charge is 2.32. The van der Waals surface area contributed by atoms with E-state index < -0.39 is 41.5 Å². The summed E-state index contributed by atoms with van der Waals surface area (Å²) in [5.41, 5.74) is -0.879. The molecule has 2 heterocycles. The minimum Gasteiger partial charge on any atom is -0.480 e. The van der Waals surface area contributed by atoms with Crippen LogP contribution < -0.4 is 16.6 Å². The first-order valence-electron chi connectivity index (χ1n) is 12.5. The fraction of sp³-hybridized carbons (Fsp3) is 0.600. The monoisotopic (exact) mass is 488 g/mol. The van der Waals surface area contributed by atoms with Crippen LogP contribution in [0.4, 0.5) is 10.1 Å². The molecule has 0 spiro atoms. The lowest BCUT2D eigenvalue weighted by Gasteiger charge is -2.33. The molecule has 0 bridgehead atoms. The van der Waals surface area contributed by atoms with Crippen LogP contribution in [0.15, 0.2) is 21.7 Å². The summed E-state index contributed by atoms with van der Waals surface area (Å²) in [4.78, 5) is 52.5. The number of rotatable bonds is 6. The minimum absolute atomic E-state index is 0.00576. The summed E-state index contributed by atoms with van der Waals surface area (Å²) in [6.07, 6.45) is 6.84. The summed E-state index contributed by atoms with van der Waals surface area (Å²) in [6, 6.07) is 1.44. The predicted molar refractivity (Wildman–Crippen MR) is 130 cm³/mol. The molecule has 2 aliphatic rings. The van der Waals surface area contributed by atoms with Crippen molar-refractivity contribution in [3.63, 3.8) is 0 Å². The van der Waals surface area contributed by atoms with Crippen molar-refractivity contribution in [2.45, 2.75) is 89.9 Å². The van der Waals surface area contributed by atoms with Gasteiger partial charge in [-0.3, -0.25) is 18.7 Å². The number of fused-ring (bicyclic) bond motifs is 1. The third kappa shape index (κ3) is 4.97. The Bertz CT molecular complexity index is 1250. The number of amides is 1. The van der Waals surface area contributed by atoms with Crippen molar-refractivity contribution >= 4 is 28.5 Å². The molecule has 2 fully saturated rings. The summed E-state index contributed by atoms with van der Waals surface area (Å²) in [5, 5.41) is 12.7. The highest BCUT2D eigenvalue weighted by Crippen LogP contribution is 2.27. The van der Waals surface area contributed by atoms with Crippen LogP contribution in [0, 0.1) is 5.82 Å². The number of aromatic nitrogens is 2. The van der Waals surface area contributed by atoms with Gasteiger partial charge in [-0.2, -0.15) is 0 Å². The third-order valence-corrected chi connectivity index (χ3v) is 7.14. The van der Waals surface area contributed by atoms with Crippen LogP contribution in [0.5, 0.6) is 0 Å². The van der Waals surface area contributed by atoms with Crippen LogP contribution in [0.2, 0.25) is 0 Å². The van der Waals surface area contributed by atoms with Gasteiger partial charge in [0.15, 0.2) is 0 Å². The SMILES string of the molecule is CC(C)n1c(=O)n(CC(=O)N2CCCCC2C(=O)O)c(=O)c2cc(F)c(NC3CCCCC3)cc21. The molecule has 2 aromatic rings. The number of benzene rings is 1. The Hall–Kier alpha value is -3.17. The summed E-state index contributed by atoms with van der Waals surface area (Å²) in [5.74, 6) is -2.31. The van der Waals surface area contributed by atoms with Gasteiger partial charge in [0.2, 0.25) is 5.91 Å². The molecule has 1 saturated heterocycles. The second-order valence-corrected chi connectivity index (χ2v) is 9.90. The zero-order valence-electron chi connectivity index (χ0n) is 20.3. The van der Waals surface area contributed by atoms with E-state index in [0.717, 1.165) is 42.7 Å². The molecule has 2 N–H and O–H groups in total. The van der Waals surface area contributed by atoms with Crippen LogP contribution in [-0.2, 0) is 16.1 Å². The standard InChI is InChI=1S/C25H33FN4O5/c1-15(2)30-21-13-19(27-16-8-4-3-5-9-16)18(26)12-17(21)23(32)29(25(30)35)14-22(31)28-11-7-6-10-20(28)24(33)34/h12-13,15-16,20,27H,3-11,14H2,1-2H3,(H,33,34). The lowest BCUT2D eigenvalue weighted by atomic mass is 9.95. The minimum atomic E-state index is -1.11. The molecule has 1 aromatic carbocycles. The number of carboxylic acid groups (broad SMARTS) is 1. The number of hydrogen-bond donors (Lipinski definition) is 2. The number of anilines is 1. The number of halogens is 1. The van der Waals surface area contributed by atoms with E-state index >= 15 is 4.39 Å². The molecule has 35 heavy (non-hydrogen) atoms. The van der Waals surface area contributed by atoms with E-state index in [0.29, 0.717) is 24.8 Å². The quantitative estimate of drug-likeness (QED) is 0.646. The Kier molecular flexibility index (Phi) is 7.28. The summed E-state index contributed by atoms with van der Waals surface area (Å²) in [6.45, 7) is 3.22. The zero-order valence-corrected chi connectivity index (χ0v) is 20.3. The van der Waals surface area contributed by atoms with Crippen molar-refractivity contribution in [3.8, 4) is 0 Å². The molecule has 1 aliphatic heterocycles. The molecule has 0 radical (unpaired) electrons. The van der Waals surface area contributed by atoms with Gasteiger partial charge in [-0.1, -0.05) is 19.3 Å².